The van der Waals surface area contributed by atoms with E-state index >= 15 is 0 Å². The van der Waals surface area contributed by atoms with E-state index in [1.54, 1.807) is 17.0 Å². The smallest absolute Gasteiger partial charge is 0.243 e. The third kappa shape index (κ3) is 7.72. The van der Waals surface area contributed by atoms with Crippen molar-refractivity contribution in [2.45, 2.75) is 38.8 Å². The van der Waals surface area contributed by atoms with E-state index in [2.05, 4.69) is 21.2 Å². The summed E-state index contributed by atoms with van der Waals surface area (Å²) in [6, 6.07) is 24.3. The molecule has 0 heterocycles. The number of hydrogen-bond donors (Lipinski definition) is 1. The minimum absolute atomic E-state index is 0.104. The highest BCUT2D eigenvalue weighted by atomic mass is 79.9. The van der Waals surface area contributed by atoms with Crippen LogP contribution in [-0.4, -0.2) is 29.3 Å². The van der Waals surface area contributed by atoms with Crippen LogP contribution in [0.3, 0.4) is 0 Å². The first-order valence-electron chi connectivity index (χ1n) is 11.1. The second kappa shape index (κ2) is 12.6. The summed E-state index contributed by atoms with van der Waals surface area (Å²) >= 11 is 9.47. The van der Waals surface area contributed by atoms with Crippen LogP contribution in [0.25, 0.3) is 0 Å². The molecule has 0 aliphatic rings. The van der Waals surface area contributed by atoms with E-state index in [-0.39, 0.29) is 18.2 Å². The summed E-state index contributed by atoms with van der Waals surface area (Å²) in [5.41, 5.74) is 2.83. The molecule has 0 radical (unpaired) electrons. The average molecular weight is 528 g/mol. The first-order valence-corrected chi connectivity index (χ1v) is 12.2. The SMILES string of the molecule is CCCNC(=O)[C@H](Cc1ccccc1)N(Cc1ccc(Br)cc1)C(=O)Cc1ccc(Cl)cc1. The number of carbonyl (C=O) groups is 2. The molecule has 0 aliphatic carbocycles. The molecular formula is C27H28BrClN2O2. The fraction of sp³-hybridized carbons (Fsp3) is 0.259. The van der Waals surface area contributed by atoms with Crippen molar-refractivity contribution in [1.29, 1.82) is 0 Å². The van der Waals surface area contributed by atoms with E-state index < -0.39 is 6.04 Å². The lowest BCUT2D eigenvalue weighted by Gasteiger charge is -2.31. The molecule has 0 aromatic heterocycles. The van der Waals surface area contributed by atoms with Gasteiger partial charge in [0.2, 0.25) is 11.8 Å². The van der Waals surface area contributed by atoms with Crippen molar-refractivity contribution in [1.82, 2.24) is 10.2 Å². The van der Waals surface area contributed by atoms with Crippen LogP contribution in [0.5, 0.6) is 0 Å². The quantitative estimate of drug-likeness (QED) is 0.362. The highest BCUT2D eigenvalue weighted by Crippen LogP contribution is 2.19. The maximum Gasteiger partial charge on any atom is 0.243 e. The van der Waals surface area contributed by atoms with Crippen molar-refractivity contribution < 1.29 is 9.59 Å². The van der Waals surface area contributed by atoms with Crippen molar-refractivity contribution in [2.24, 2.45) is 0 Å². The van der Waals surface area contributed by atoms with Gasteiger partial charge in [-0.15, -0.1) is 0 Å². The van der Waals surface area contributed by atoms with Crippen molar-refractivity contribution >= 4 is 39.3 Å². The Morgan fingerprint density at radius 2 is 1.55 bits per heavy atom. The third-order valence-electron chi connectivity index (χ3n) is 5.36. The van der Waals surface area contributed by atoms with Crippen molar-refractivity contribution in [3.05, 3.63) is 105 Å². The van der Waals surface area contributed by atoms with Crippen molar-refractivity contribution in [2.75, 3.05) is 6.54 Å². The number of carbonyl (C=O) groups excluding carboxylic acids is 2. The molecule has 0 spiro atoms. The topological polar surface area (TPSA) is 49.4 Å². The Labute approximate surface area is 209 Å². The van der Waals surface area contributed by atoms with Gasteiger partial charge in [-0.05, 0) is 47.4 Å². The van der Waals surface area contributed by atoms with Gasteiger partial charge in [0.25, 0.3) is 0 Å². The minimum atomic E-state index is -0.623. The second-order valence-corrected chi connectivity index (χ2v) is 9.30. The fourth-order valence-corrected chi connectivity index (χ4v) is 3.98. The normalized spacial score (nSPS) is 11.6. The zero-order chi connectivity index (χ0) is 23.6. The van der Waals surface area contributed by atoms with Crippen LogP contribution in [0, 0.1) is 0 Å². The van der Waals surface area contributed by atoms with Crippen molar-refractivity contribution in [3.8, 4) is 0 Å². The average Bonchev–Trinajstić information content (AvgIpc) is 2.83. The van der Waals surface area contributed by atoms with Gasteiger partial charge in [0.15, 0.2) is 0 Å². The molecule has 4 nitrogen and oxygen atoms in total. The largest absolute Gasteiger partial charge is 0.354 e. The van der Waals surface area contributed by atoms with Gasteiger partial charge in [-0.25, -0.2) is 0 Å². The first kappa shape index (κ1) is 25.0. The number of benzene rings is 3. The van der Waals surface area contributed by atoms with E-state index in [0.29, 0.717) is 24.5 Å². The zero-order valence-corrected chi connectivity index (χ0v) is 21.0. The van der Waals surface area contributed by atoms with Gasteiger partial charge in [0.1, 0.15) is 6.04 Å². The molecule has 172 valence electrons. The number of amides is 2. The molecule has 1 N–H and O–H groups in total. The maximum absolute atomic E-state index is 13.6. The van der Waals surface area contributed by atoms with Gasteiger partial charge in [0, 0.05) is 29.0 Å². The van der Waals surface area contributed by atoms with E-state index in [1.165, 1.54) is 0 Å². The molecular weight excluding hydrogens is 500 g/mol. The van der Waals surface area contributed by atoms with Crippen LogP contribution in [-0.2, 0) is 29.0 Å². The molecule has 0 aliphatic heterocycles. The second-order valence-electron chi connectivity index (χ2n) is 7.95. The van der Waals surface area contributed by atoms with E-state index in [0.717, 1.165) is 27.6 Å². The Bertz CT molecular complexity index is 1040. The monoisotopic (exact) mass is 526 g/mol. The molecule has 0 bridgehead atoms. The van der Waals surface area contributed by atoms with Crippen LogP contribution in [0.4, 0.5) is 0 Å². The lowest BCUT2D eigenvalue weighted by molar-refractivity contribution is -0.140. The molecule has 0 saturated carbocycles. The molecule has 0 unspecified atom stereocenters. The van der Waals surface area contributed by atoms with Crippen LogP contribution in [0.15, 0.2) is 83.3 Å². The van der Waals surface area contributed by atoms with E-state index in [1.807, 2.05) is 73.7 Å². The Hall–Kier alpha value is -2.63. The Kier molecular flexibility index (Phi) is 9.52. The number of nitrogens with zero attached hydrogens (tertiary/aromatic N) is 1. The maximum atomic E-state index is 13.6. The summed E-state index contributed by atoms with van der Waals surface area (Å²) in [6.07, 6.45) is 1.47. The molecule has 0 fully saturated rings. The van der Waals surface area contributed by atoms with E-state index in [4.69, 9.17) is 11.6 Å². The molecule has 3 aromatic carbocycles. The molecule has 3 aromatic rings. The summed E-state index contributed by atoms with van der Waals surface area (Å²) < 4.78 is 0.965. The van der Waals surface area contributed by atoms with Crippen molar-refractivity contribution in [3.63, 3.8) is 0 Å². The van der Waals surface area contributed by atoms with E-state index in [9.17, 15) is 9.59 Å². The summed E-state index contributed by atoms with van der Waals surface area (Å²) in [7, 11) is 0. The molecule has 2 amide bonds. The molecule has 33 heavy (non-hydrogen) atoms. The van der Waals surface area contributed by atoms with Gasteiger partial charge >= 0.3 is 0 Å². The number of nitrogens with one attached hydrogen (secondary N) is 1. The van der Waals surface area contributed by atoms with Crippen LogP contribution in [0.1, 0.15) is 30.0 Å². The third-order valence-corrected chi connectivity index (χ3v) is 6.14. The standard InChI is InChI=1S/C27H28BrClN2O2/c1-2-16-30-27(33)25(17-20-6-4-3-5-7-20)31(19-22-8-12-23(28)13-9-22)26(32)18-21-10-14-24(29)15-11-21/h3-15,25H,2,16-19H2,1H3,(H,30,33)/t25-/m0/s1. The molecule has 6 heteroatoms. The van der Waals surface area contributed by atoms with Gasteiger partial charge < -0.3 is 10.2 Å². The number of rotatable bonds is 10. The Morgan fingerprint density at radius 3 is 2.18 bits per heavy atom. The Balaban J connectivity index is 1.93. The summed E-state index contributed by atoms with van der Waals surface area (Å²) in [4.78, 5) is 28.6. The van der Waals surface area contributed by atoms with Crippen LogP contribution < -0.4 is 5.32 Å². The predicted molar refractivity (Wildman–Crippen MR) is 137 cm³/mol. The van der Waals surface area contributed by atoms with Gasteiger partial charge in [-0.2, -0.15) is 0 Å². The molecule has 1 atom stereocenters. The summed E-state index contributed by atoms with van der Waals surface area (Å²) in [5.74, 6) is -0.241. The highest BCUT2D eigenvalue weighted by Gasteiger charge is 2.30. The predicted octanol–water partition coefficient (Wildman–Crippen LogP) is 5.81. The van der Waals surface area contributed by atoms with Gasteiger partial charge in [-0.1, -0.05) is 89.1 Å². The summed E-state index contributed by atoms with van der Waals surface area (Å²) in [5, 5.41) is 3.62. The van der Waals surface area contributed by atoms with Gasteiger partial charge in [-0.3, -0.25) is 9.59 Å². The fourth-order valence-electron chi connectivity index (χ4n) is 3.58. The number of halogens is 2. The van der Waals surface area contributed by atoms with Crippen LogP contribution in [0.2, 0.25) is 5.02 Å². The highest BCUT2D eigenvalue weighted by molar-refractivity contribution is 9.10. The first-order chi connectivity index (χ1) is 16.0. The van der Waals surface area contributed by atoms with Gasteiger partial charge in [0.05, 0.1) is 6.42 Å². The molecule has 3 rings (SSSR count). The minimum Gasteiger partial charge on any atom is -0.354 e. The lowest BCUT2D eigenvalue weighted by atomic mass is 10.0. The Morgan fingerprint density at radius 1 is 0.909 bits per heavy atom. The summed E-state index contributed by atoms with van der Waals surface area (Å²) in [6.45, 7) is 2.93. The molecule has 0 saturated heterocycles. The lowest BCUT2D eigenvalue weighted by Crippen LogP contribution is -2.51. The number of hydrogen-bond acceptors (Lipinski definition) is 2. The zero-order valence-electron chi connectivity index (χ0n) is 18.6. The van der Waals surface area contributed by atoms with Crippen LogP contribution >= 0.6 is 27.5 Å².